The van der Waals surface area contributed by atoms with Crippen LogP contribution in [0.15, 0.2) is 41.0 Å². The number of hydrogen-bond donors (Lipinski definition) is 1. The molecule has 142 valence electrons. The molecular weight excluding hydrogens is 390 g/mol. The summed E-state index contributed by atoms with van der Waals surface area (Å²) in [4.78, 5) is 18.5. The molecule has 3 rings (SSSR count). The fourth-order valence-electron chi connectivity index (χ4n) is 2.82. The van der Waals surface area contributed by atoms with Crippen molar-refractivity contribution in [3.05, 3.63) is 41.7 Å². The van der Waals surface area contributed by atoms with E-state index in [0.717, 1.165) is 17.7 Å². The number of amides is 1. The standard InChI is InChI=1S/C15H22FN2OPS.C2H2N2S/c1-15(16,20)10-14(19)18-8-6-12(7-9-18)11-2-4-13(21-17)5-3-11;1-3-2-5-4-1/h2-5,12H,6-10,17,20H2,1H3;1-2H. The van der Waals surface area contributed by atoms with Gasteiger partial charge in [0.25, 0.3) is 0 Å². The zero-order valence-corrected chi connectivity index (χ0v) is 17.5. The van der Waals surface area contributed by atoms with E-state index in [1.165, 1.54) is 42.3 Å². The number of alkyl halides is 1. The van der Waals surface area contributed by atoms with Crippen molar-refractivity contribution in [1.82, 2.24) is 14.3 Å². The Morgan fingerprint density at radius 2 is 2.08 bits per heavy atom. The highest BCUT2D eigenvalue weighted by molar-refractivity contribution is 7.97. The van der Waals surface area contributed by atoms with Crippen LogP contribution in [0.2, 0.25) is 0 Å². The summed E-state index contributed by atoms with van der Waals surface area (Å²) in [6.45, 7) is 2.83. The van der Waals surface area contributed by atoms with Crippen LogP contribution < -0.4 is 5.14 Å². The number of rotatable bonds is 4. The van der Waals surface area contributed by atoms with Crippen molar-refractivity contribution in [2.45, 2.75) is 42.4 Å². The zero-order valence-electron chi connectivity index (χ0n) is 14.7. The van der Waals surface area contributed by atoms with Gasteiger partial charge < -0.3 is 4.90 Å². The second kappa shape index (κ2) is 10.3. The molecule has 0 bridgehead atoms. The zero-order chi connectivity index (χ0) is 19.0. The molecule has 2 aromatic rings. The Morgan fingerprint density at radius 3 is 2.50 bits per heavy atom. The van der Waals surface area contributed by atoms with Gasteiger partial charge in [0.15, 0.2) is 0 Å². The first kappa shape index (κ1) is 21.2. The minimum Gasteiger partial charge on any atom is -0.343 e. The number of carbonyl (C=O) groups excluding carboxylic acids is 1. The van der Waals surface area contributed by atoms with E-state index in [0.29, 0.717) is 19.0 Å². The van der Waals surface area contributed by atoms with E-state index in [1.54, 1.807) is 10.4 Å². The molecule has 26 heavy (non-hydrogen) atoms. The smallest absolute Gasteiger partial charge is 0.226 e. The van der Waals surface area contributed by atoms with Crippen LogP contribution in [0.5, 0.6) is 0 Å². The summed E-state index contributed by atoms with van der Waals surface area (Å²) in [5, 5.41) is 4.01. The third kappa shape index (κ3) is 7.27. The number of piperidine rings is 1. The average molecular weight is 415 g/mol. The maximum absolute atomic E-state index is 13.5. The second-order valence-corrected chi connectivity index (χ2v) is 8.92. The van der Waals surface area contributed by atoms with Gasteiger partial charge in [0.05, 0.1) is 6.42 Å². The van der Waals surface area contributed by atoms with Crippen molar-refractivity contribution >= 4 is 38.6 Å². The summed E-state index contributed by atoms with van der Waals surface area (Å²) in [5.74, 6) is 0.377. The number of benzene rings is 1. The normalized spacial score (nSPS) is 17.2. The average Bonchev–Trinajstić information content (AvgIpc) is 3.20. The number of likely N-dealkylation sites (tertiary alicyclic amines) is 1. The fraction of sp³-hybridized carbons (Fsp3) is 0.471. The van der Waals surface area contributed by atoms with Crippen molar-refractivity contribution in [3.63, 3.8) is 0 Å². The van der Waals surface area contributed by atoms with E-state index in [1.807, 2.05) is 12.1 Å². The van der Waals surface area contributed by atoms with Crippen LogP contribution in [0.1, 0.15) is 37.7 Å². The molecule has 1 saturated heterocycles. The van der Waals surface area contributed by atoms with E-state index in [2.05, 4.69) is 30.7 Å². The minimum absolute atomic E-state index is 0.0647. The molecule has 0 aliphatic carbocycles. The third-order valence-electron chi connectivity index (χ3n) is 4.11. The van der Waals surface area contributed by atoms with Crippen molar-refractivity contribution < 1.29 is 9.18 Å². The van der Waals surface area contributed by atoms with Crippen molar-refractivity contribution in [3.8, 4) is 0 Å². The summed E-state index contributed by atoms with van der Waals surface area (Å²) in [5.41, 5.74) is 2.97. The Labute approximate surface area is 164 Å². The van der Waals surface area contributed by atoms with E-state index in [4.69, 9.17) is 5.14 Å². The molecular formula is C17H24FN4OPS2. The number of nitrogens with zero attached hydrogens (tertiary/aromatic N) is 3. The van der Waals surface area contributed by atoms with Gasteiger partial charge >= 0.3 is 0 Å². The van der Waals surface area contributed by atoms with E-state index in [9.17, 15) is 9.18 Å². The van der Waals surface area contributed by atoms with Crippen molar-refractivity contribution in [1.29, 1.82) is 0 Å². The largest absolute Gasteiger partial charge is 0.343 e. The predicted octanol–water partition coefficient (Wildman–Crippen LogP) is 3.85. The molecule has 0 spiro atoms. The summed E-state index contributed by atoms with van der Waals surface area (Å²) >= 11 is 2.60. The van der Waals surface area contributed by atoms with Crippen molar-refractivity contribution in [2.75, 3.05) is 13.1 Å². The quantitative estimate of drug-likeness (QED) is 0.608. The highest BCUT2D eigenvalue weighted by Gasteiger charge is 2.28. The monoisotopic (exact) mass is 414 g/mol. The number of aromatic nitrogens is 2. The van der Waals surface area contributed by atoms with Crippen LogP contribution in [0.25, 0.3) is 0 Å². The SMILES string of the molecule is CC(F)(P)CC(=O)N1CCC(c2ccc(SN)cc2)CC1.c1ncsn1. The number of hydrogen-bond acceptors (Lipinski definition) is 6. The molecule has 1 aromatic heterocycles. The van der Waals surface area contributed by atoms with Crippen LogP contribution in [0.4, 0.5) is 4.39 Å². The molecule has 1 amide bonds. The van der Waals surface area contributed by atoms with E-state index in [-0.39, 0.29) is 12.3 Å². The first-order valence-corrected chi connectivity index (χ1v) is 10.6. The lowest BCUT2D eigenvalue weighted by atomic mass is 9.89. The van der Waals surface area contributed by atoms with Gasteiger partial charge in [-0.15, -0.1) is 0 Å². The summed E-state index contributed by atoms with van der Waals surface area (Å²) < 4.78 is 17.2. The highest BCUT2D eigenvalue weighted by Crippen LogP contribution is 2.31. The van der Waals surface area contributed by atoms with Crippen LogP contribution >= 0.6 is 32.7 Å². The first-order valence-electron chi connectivity index (χ1n) is 8.30. The van der Waals surface area contributed by atoms with Gasteiger partial charge in [-0.25, -0.2) is 9.37 Å². The van der Waals surface area contributed by atoms with E-state index >= 15 is 0 Å². The molecule has 9 heteroatoms. The molecule has 2 heterocycles. The highest BCUT2D eigenvalue weighted by atomic mass is 32.2. The van der Waals surface area contributed by atoms with Gasteiger partial charge in [0, 0.05) is 18.0 Å². The van der Waals surface area contributed by atoms with E-state index < -0.39 is 5.41 Å². The Hall–Kier alpha value is -1.08. The summed E-state index contributed by atoms with van der Waals surface area (Å²) in [7, 11) is 2.09. The topological polar surface area (TPSA) is 72.1 Å². The second-order valence-electron chi connectivity index (χ2n) is 6.38. The molecule has 2 N–H and O–H groups in total. The first-order chi connectivity index (χ1) is 12.4. The lowest BCUT2D eigenvalue weighted by molar-refractivity contribution is -0.133. The van der Waals surface area contributed by atoms with Gasteiger partial charge in [-0.3, -0.25) is 9.93 Å². The van der Waals surface area contributed by atoms with Gasteiger partial charge in [0.1, 0.15) is 17.2 Å². The molecule has 2 atom stereocenters. The molecule has 2 unspecified atom stereocenters. The van der Waals surface area contributed by atoms with Gasteiger partial charge in [-0.2, -0.15) is 4.37 Å². The van der Waals surface area contributed by atoms with Crippen molar-refractivity contribution in [2.24, 2.45) is 5.14 Å². The summed E-state index contributed by atoms with van der Waals surface area (Å²) in [6.07, 6.45) is 3.32. The predicted molar refractivity (Wildman–Crippen MR) is 109 cm³/mol. The molecule has 0 saturated carbocycles. The maximum Gasteiger partial charge on any atom is 0.226 e. The molecule has 5 nitrogen and oxygen atoms in total. The van der Waals surface area contributed by atoms with Crippen LogP contribution in [0, 0.1) is 0 Å². The Morgan fingerprint density at radius 1 is 1.42 bits per heavy atom. The molecule has 0 radical (unpaired) electrons. The number of nitrogens with two attached hydrogens (primary N) is 1. The lowest BCUT2D eigenvalue weighted by Crippen LogP contribution is -2.39. The van der Waals surface area contributed by atoms with Crippen LogP contribution in [0.3, 0.4) is 0 Å². The molecule has 1 aliphatic heterocycles. The lowest BCUT2D eigenvalue weighted by Gasteiger charge is -2.33. The molecule has 1 fully saturated rings. The van der Waals surface area contributed by atoms with Gasteiger partial charge in [-0.1, -0.05) is 21.4 Å². The van der Waals surface area contributed by atoms with Gasteiger partial charge in [0.2, 0.25) is 5.91 Å². The number of halogens is 1. The fourth-order valence-corrected chi connectivity index (χ4v) is 3.56. The third-order valence-corrected chi connectivity index (χ3v) is 5.30. The van der Waals surface area contributed by atoms with Crippen LogP contribution in [-0.2, 0) is 4.79 Å². The Bertz CT molecular complexity index is 639. The molecule has 1 aromatic carbocycles. The molecule has 1 aliphatic rings. The van der Waals surface area contributed by atoms with Crippen LogP contribution in [-0.4, -0.2) is 38.7 Å². The minimum atomic E-state index is -1.51. The maximum atomic E-state index is 13.5. The summed E-state index contributed by atoms with van der Waals surface area (Å²) in [6, 6.07) is 8.28. The van der Waals surface area contributed by atoms with Gasteiger partial charge in [-0.05, 0) is 66.9 Å². The Balaban J connectivity index is 0.000000417. The Kier molecular flexibility index (Phi) is 8.41. The number of carbonyl (C=O) groups is 1.